The van der Waals surface area contributed by atoms with Gasteiger partial charge in [0.05, 0.1) is 11.3 Å². The van der Waals surface area contributed by atoms with Crippen molar-refractivity contribution < 1.29 is 9.90 Å². The Morgan fingerprint density at radius 1 is 1.14 bits per heavy atom. The molecule has 3 rings (SSSR count). The van der Waals surface area contributed by atoms with Crippen LogP contribution in [0.3, 0.4) is 0 Å². The summed E-state index contributed by atoms with van der Waals surface area (Å²) in [7, 11) is 0. The lowest BCUT2D eigenvalue weighted by Crippen LogP contribution is -2.10. The van der Waals surface area contributed by atoms with Gasteiger partial charge in [-0.3, -0.25) is 0 Å². The van der Waals surface area contributed by atoms with Crippen molar-refractivity contribution in [2.75, 3.05) is 0 Å². The summed E-state index contributed by atoms with van der Waals surface area (Å²) in [5, 5.41) is 9.04. The highest BCUT2D eigenvalue weighted by Crippen LogP contribution is 2.26. The molecule has 4 nitrogen and oxygen atoms in total. The van der Waals surface area contributed by atoms with Crippen LogP contribution in [0, 0.1) is 0 Å². The summed E-state index contributed by atoms with van der Waals surface area (Å²) >= 11 is 0. The molecule has 2 heterocycles. The molecule has 4 heteroatoms. The van der Waals surface area contributed by atoms with Crippen molar-refractivity contribution in [3.63, 3.8) is 0 Å². The van der Waals surface area contributed by atoms with Crippen LogP contribution in [0.2, 0.25) is 0 Å². The predicted molar refractivity (Wildman–Crippen MR) is 86.3 cm³/mol. The molecule has 0 aliphatic heterocycles. The number of aromatic nitrogens is 2. The van der Waals surface area contributed by atoms with Crippen LogP contribution in [0.4, 0.5) is 0 Å². The van der Waals surface area contributed by atoms with Crippen molar-refractivity contribution >= 4 is 11.6 Å². The zero-order valence-corrected chi connectivity index (χ0v) is 12.9. The van der Waals surface area contributed by atoms with Crippen LogP contribution in [-0.2, 0) is 5.41 Å². The van der Waals surface area contributed by atoms with Crippen molar-refractivity contribution in [1.29, 1.82) is 0 Å². The number of benzene rings is 1. The lowest BCUT2D eigenvalue weighted by atomic mass is 9.86. The molecule has 0 bridgehead atoms. The smallest absolute Gasteiger partial charge is 0.335 e. The number of aromatic carboxylic acids is 1. The average molecular weight is 294 g/mol. The molecule has 2 aromatic heterocycles. The number of nitrogens with zero attached hydrogens (tertiary/aromatic N) is 2. The van der Waals surface area contributed by atoms with E-state index in [2.05, 4.69) is 50.0 Å². The largest absolute Gasteiger partial charge is 0.478 e. The van der Waals surface area contributed by atoms with Gasteiger partial charge < -0.3 is 9.51 Å². The molecule has 3 aromatic rings. The summed E-state index contributed by atoms with van der Waals surface area (Å²) in [4.78, 5) is 15.5. The number of hydrogen-bond donors (Lipinski definition) is 1. The van der Waals surface area contributed by atoms with Crippen molar-refractivity contribution in [3.05, 3.63) is 59.9 Å². The molecule has 1 N–H and O–H groups in total. The Balaban J connectivity index is 2.01. The number of pyridine rings is 1. The monoisotopic (exact) mass is 294 g/mol. The number of carboxylic acids is 1. The number of imidazole rings is 1. The van der Waals surface area contributed by atoms with E-state index in [0.29, 0.717) is 5.65 Å². The summed E-state index contributed by atoms with van der Waals surface area (Å²) in [5.41, 5.74) is 4.13. The first-order chi connectivity index (χ1) is 10.3. The Kier molecular flexibility index (Phi) is 3.24. The number of carbonyl (C=O) groups is 1. The molecule has 0 amide bonds. The van der Waals surface area contributed by atoms with Gasteiger partial charge in [0.1, 0.15) is 5.65 Å². The normalized spacial score (nSPS) is 11.8. The maximum absolute atomic E-state index is 11.0. The third-order valence-electron chi connectivity index (χ3n) is 3.75. The number of fused-ring (bicyclic) bond motifs is 1. The van der Waals surface area contributed by atoms with Crippen LogP contribution in [0.1, 0.15) is 36.7 Å². The Morgan fingerprint density at radius 3 is 2.41 bits per heavy atom. The Morgan fingerprint density at radius 2 is 1.82 bits per heavy atom. The first-order valence-electron chi connectivity index (χ1n) is 7.17. The van der Waals surface area contributed by atoms with Gasteiger partial charge in [-0.1, -0.05) is 45.0 Å². The van der Waals surface area contributed by atoms with E-state index >= 15 is 0 Å². The van der Waals surface area contributed by atoms with Crippen molar-refractivity contribution in [3.8, 4) is 11.3 Å². The SMILES string of the molecule is CC(C)(C)c1ccc(-c2cn3ccc(C(=O)O)cc3n2)cc1. The lowest BCUT2D eigenvalue weighted by Gasteiger charge is -2.18. The Hall–Kier alpha value is -2.62. The second-order valence-corrected chi connectivity index (χ2v) is 6.44. The molecule has 0 saturated carbocycles. The van der Waals surface area contributed by atoms with Gasteiger partial charge in [-0.15, -0.1) is 0 Å². The van der Waals surface area contributed by atoms with E-state index in [4.69, 9.17) is 5.11 Å². The molecular weight excluding hydrogens is 276 g/mol. The minimum Gasteiger partial charge on any atom is -0.478 e. The minimum atomic E-state index is -0.943. The molecular formula is C18H18N2O2. The van der Waals surface area contributed by atoms with Crippen molar-refractivity contribution in [1.82, 2.24) is 9.38 Å². The predicted octanol–water partition coefficient (Wildman–Crippen LogP) is 4.00. The molecule has 0 spiro atoms. The molecule has 112 valence electrons. The number of rotatable bonds is 2. The van der Waals surface area contributed by atoms with Crippen LogP contribution < -0.4 is 0 Å². The van der Waals surface area contributed by atoms with Crippen LogP contribution in [-0.4, -0.2) is 20.5 Å². The fourth-order valence-corrected chi connectivity index (χ4v) is 2.40. The molecule has 0 aliphatic rings. The van der Waals surface area contributed by atoms with Crippen LogP contribution in [0.5, 0.6) is 0 Å². The van der Waals surface area contributed by atoms with Crippen molar-refractivity contribution in [2.24, 2.45) is 0 Å². The number of hydrogen-bond acceptors (Lipinski definition) is 2. The molecule has 0 unspecified atom stereocenters. The summed E-state index contributed by atoms with van der Waals surface area (Å²) in [6, 6.07) is 11.5. The summed E-state index contributed by atoms with van der Waals surface area (Å²) in [6.45, 7) is 6.54. The van der Waals surface area contributed by atoms with E-state index in [-0.39, 0.29) is 11.0 Å². The van der Waals surface area contributed by atoms with Gasteiger partial charge in [-0.2, -0.15) is 0 Å². The Bertz CT molecular complexity index is 840. The second kappa shape index (κ2) is 4.98. The first-order valence-corrected chi connectivity index (χ1v) is 7.17. The Labute approximate surface area is 129 Å². The molecule has 0 aliphatic carbocycles. The van der Waals surface area contributed by atoms with Gasteiger partial charge in [-0.25, -0.2) is 9.78 Å². The van der Waals surface area contributed by atoms with Crippen LogP contribution in [0.25, 0.3) is 16.9 Å². The van der Waals surface area contributed by atoms with Gasteiger partial charge in [0.2, 0.25) is 0 Å². The van der Waals surface area contributed by atoms with Crippen LogP contribution >= 0.6 is 0 Å². The molecule has 0 radical (unpaired) electrons. The van der Waals surface area contributed by atoms with Gasteiger partial charge in [0.15, 0.2) is 0 Å². The van der Waals surface area contributed by atoms with E-state index in [0.717, 1.165) is 11.3 Å². The summed E-state index contributed by atoms with van der Waals surface area (Å²) in [6.07, 6.45) is 3.63. The van der Waals surface area contributed by atoms with E-state index in [1.54, 1.807) is 18.3 Å². The van der Waals surface area contributed by atoms with E-state index in [9.17, 15) is 4.79 Å². The fraction of sp³-hybridized carbons (Fsp3) is 0.222. The van der Waals surface area contributed by atoms with E-state index < -0.39 is 5.97 Å². The van der Waals surface area contributed by atoms with Gasteiger partial charge >= 0.3 is 5.97 Å². The summed E-state index contributed by atoms with van der Waals surface area (Å²) in [5.74, 6) is -0.943. The summed E-state index contributed by atoms with van der Waals surface area (Å²) < 4.78 is 1.83. The third-order valence-corrected chi connectivity index (χ3v) is 3.75. The molecule has 0 fully saturated rings. The van der Waals surface area contributed by atoms with Crippen molar-refractivity contribution in [2.45, 2.75) is 26.2 Å². The molecule has 1 aromatic carbocycles. The topological polar surface area (TPSA) is 54.6 Å². The molecule has 22 heavy (non-hydrogen) atoms. The van der Waals surface area contributed by atoms with Gasteiger partial charge in [-0.05, 0) is 23.1 Å². The van der Waals surface area contributed by atoms with E-state index in [1.165, 1.54) is 5.56 Å². The van der Waals surface area contributed by atoms with Gasteiger partial charge in [0.25, 0.3) is 0 Å². The first kappa shape index (κ1) is 14.3. The lowest BCUT2D eigenvalue weighted by molar-refractivity contribution is 0.0697. The maximum Gasteiger partial charge on any atom is 0.335 e. The third kappa shape index (κ3) is 2.60. The molecule has 0 atom stereocenters. The highest BCUT2D eigenvalue weighted by Gasteiger charge is 2.14. The number of carboxylic acid groups (broad SMARTS) is 1. The molecule has 0 saturated heterocycles. The maximum atomic E-state index is 11.0. The zero-order valence-electron chi connectivity index (χ0n) is 12.9. The quantitative estimate of drug-likeness (QED) is 0.777. The average Bonchev–Trinajstić information content (AvgIpc) is 2.89. The standard InChI is InChI=1S/C18H18N2O2/c1-18(2,3)14-6-4-12(5-7-14)15-11-20-9-8-13(17(21)22)10-16(20)19-15/h4-11H,1-3H3,(H,21,22). The highest BCUT2D eigenvalue weighted by molar-refractivity contribution is 5.88. The highest BCUT2D eigenvalue weighted by atomic mass is 16.4. The second-order valence-electron chi connectivity index (χ2n) is 6.44. The fourth-order valence-electron chi connectivity index (χ4n) is 2.40. The zero-order chi connectivity index (χ0) is 15.9. The van der Waals surface area contributed by atoms with Gasteiger partial charge in [0, 0.05) is 18.0 Å². The van der Waals surface area contributed by atoms with Crippen LogP contribution in [0.15, 0.2) is 48.8 Å². The minimum absolute atomic E-state index is 0.119. The van der Waals surface area contributed by atoms with E-state index in [1.807, 2.05) is 10.6 Å².